The first-order valence-electron chi connectivity index (χ1n) is 10.5. The van der Waals surface area contributed by atoms with Crippen LogP contribution in [0.2, 0.25) is 0 Å². The van der Waals surface area contributed by atoms with Gasteiger partial charge in [-0.15, -0.1) is 24.0 Å². The third-order valence-corrected chi connectivity index (χ3v) is 7.12. The highest BCUT2D eigenvalue weighted by Gasteiger charge is 2.29. The van der Waals surface area contributed by atoms with Gasteiger partial charge in [0.25, 0.3) is 0 Å². The van der Waals surface area contributed by atoms with Crippen molar-refractivity contribution in [2.75, 3.05) is 51.2 Å². The van der Waals surface area contributed by atoms with Crippen LogP contribution < -0.4 is 10.2 Å². The molecule has 3 heterocycles. The summed E-state index contributed by atoms with van der Waals surface area (Å²) in [5.74, 6) is 1.58. The van der Waals surface area contributed by atoms with Gasteiger partial charge in [-0.05, 0) is 25.5 Å². The van der Waals surface area contributed by atoms with E-state index in [4.69, 9.17) is 4.52 Å². The Bertz CT molecular complexity index is 940. The first-order valence-corrected chi connectivity index (χ1v) is 12.1. The van der Waals surface area contributed by atoms with Gasteiger partial charge in [0.15, 0.2) is 5.96 Å². The summed E-state index contributed by atoms with van der Waals surface area (Å²) in [4.78, 5) is 13.2. The summed E-state index contributed by atoms with van der Waals surface area (Å²) in [7, 11) is -1.69. The van der Waals surface area contributed by atoms with Gasteiger partial charge in [0.1, 0.15) is 17.8 Å². The Morgan fingerprint density at radius 2 is 1.91 bits per heavy atom. The topological polar surface area (TPSA) is 107 Å². The van der Waals surface area contributed by atoms with Crippen molar-refractivity contribution in [1.29, 1.82) is 0 Å². The van der Waals surface area contributed by atoms with Crippen molar-refractivity contribution in [3.8, 4) is 0 Å². The summed E-state index contributed by atoms with van der Waals surface area (Å²) in [6.45, 7) is 8.62. The lowest BCUT2D eigenvalue weighted by Gasteiger charge is -2.35. The normalized spacial score (nSPS) is 15.3. The molecule has 2 aromatic rings. The molecule has 32 heavy (non-hydrogen) atoms. The molecule has 0 amide bonds. The fraction of sp³-hybridized carbons (Fsp3) is 0.550. The summed E-state index contributed by atoms with van der Waals surface area (Å²) >= 11 is 0. The summed E-state index contributed by atoms with van der Waals surface area (Å²) in [5, 5.41) is 7.06. The van der Waals surface area contributed by atoms with Gasteiger partial charge >= 0.3 is 0 Å². The van der Waals surface area contributed by atoms with Crippen LogP contribution in [0.3, 0.4) is 0 Å². The third-order valence-electron chi connectivity index (χ3n) is 5.31. The quantitative estimate of drug-likeness (QED) is 0.288. The van der Waals surface area contributed by atoms with Crippen molar-refractivity contribution < 1.29 is 12.9 Å². The molecule has 10 nitrogen and oxygen atoms in total. The van der Waals surface area contributed by atoms with E-state index in [1.165, 1.54) is 10.6 Å². The van der Waals surface area contributed by atoms with Gasteiger partial charge in [-0.1, -0.05) is 11.2 Å². The number of aromatic nitrogens is 2. The van der Waals surface area contributed by atoms with E-state index in [-0.39, 0.29) is 29.7 Å². The fourth-order valence-electron chi connectivity index (χ4n) is 3.54. The zero-order valence-corrected chi connectivity index (χ0v) is 21.9. The van der Waals surface area contributed by atoms with Crippen molar-refractivity contribution >= 4 is 45.8 Å². The van der Waals surface area contributed by atoms with Crippen LogP contribution in [0.5, 0.6) is 0 Å². The Labute approximate surface area is 207 Å². The van der Waals surface area contributed by atoms with E-state index in [2.05, 4.69) is 50.2 Å². The van der Waals surface area contributed by atoms with Crippen LogP contribution in [0.4, 0.5) is 5.82 Å². The van der Waals surface area contributed by atoms with Crippen molar-refractivity contribution in [3.05, 3.63) is 41.9 Å². The van der Waals surface area contributed by atoms with Crippen LogP contribution in [0.1, 0.15) is 25.1 Å². The summed E-state index contributed by atoms with van der Waals surface area (Å²) in [6.07, 6.45) is 3.26. The van der Waals surface area contributed by atoms with Gasteiger partial charge in [0.05, 0.1) is 5.69 Å². The second kappa shape index (κ2) is 12.3. The number of hydrogen-bond acceptors (Lipinski definition) is 7. The minimum Gasteiger partial charge on any atom is -0.364 e. The number of guanidine groups is 1. The van der Waals surface area contributed by atoms with Crippen LogP contribution in [0.15, 0.2) is 40.2 Å². The van der Waals surface area contributed by atoms with Crippen LogP contribution in [-0.4, -0.2) is 80.0 Å². The van der Waals surface area contributed by atoms with Gasteiger partial charge in [-0.25, -0.2) is 13.4 Å². The number of piperazine rings is 1. The number of rotatable bonds is 8. The molecule has 0 radical (unpaired) electrons. The summed E-state index contributed by atoms with van der Waals surface area (Å²) in [5.41, 5.74) is 1.48. The number of pyridine rings is 1. The Morgan fingerprint density at radius 3 is 2.44 bits per heavy atom. The number of nitrogens with one attached hydrogen (secondary N) is 1. The molecule has 0 aromatic carbocycles. The highest BCUT2D eigenvalue weighted by molar-refractivity contribution is 14.0. The number of hydrogen-bond donors (Lipinski definition) is 1. The molecule has 2 aromatic heterocycles. The maximum absolute atomic E-state index is 12.6. The second-order valence-corrected chi connectivity index (χ2v) is 9.20. The molecule has 1 saturated heterocycles. The largest absolute Gasteiger partial charge is 0.364 e. The van der Waals surface area contributed by atoms with Crippen molar-refractivity contribution in [2.45, 2.75) is 26.1 Å². The maximum atomic E-state index is 12.6. The van der Waals surface area contributed by atoms with Crippen molar-refractivity contribution in [2.24, 2.45) is 4.99 Å². The Morgan fingerprint density at radius 1 is 1.19 bits per heavy atom. The number of aliphatic imine (C=N–C) groups is 1. The first-order chi connectivity index (χ1) is 15.0. The van der Waals surface area contributed by atoms with Crippen LogP contribution in [0.25, 0.3) is 0 Å². The molecule has 1 fully saturated rings. The van der Waals surface area contributed by atoms with Gasteiger partial charge in [0, 0.05) is 65.1 Å². The van der Waals surface area contributed by atoms with Crippen molar-refractivity contribution in [1.82, 2.24) is 24.7 Å². The average molecular weight is 577 g/mol. The molecule has 0 spiro atoms. The number of nitrogens with zero attached hydrogens (tertiary/aromatic N) is 6. The predicted octanol–water partition coefficient (Wildman–Crippen LogP) is 1.76. The molecule has 1 N–H and O–H groups in total. The van der Waals surface area contributed by atoms with Crippen LogP contribution in [-0.2, 0) is 22.3 Å². The van der Waals surface area contributed by atoms with Gasteiger partial charge < -0.3 is 19.6 Å². The molecular weight excluding hydrogens is 545 g/mol. The monoisotopic (exact) mass is 577 g/mol. The first kappa shape index (κ1) is 26.3. The smallest absolute Gasteiger partial charge is 0.220 e. The molecule has 0 atom stereocenters. The molecular formula is C20H32IN7O3S. The molecule has 178 valence electrons. The Hall–Kier alpha value is -1.93. The molecule has 12 heteroatoms. The lowest BCUT2D eigenvalue weighted by Crippen LogP contribution is -2.53. The van der Waals surface area contributed by atoms with E-state index in [0.29, 0.717) is 38.4 Å². The Balaban J connectivity index is 0.00000363. The van der Waals surface area contributed by atoms with E-state index >= 15 is 0 Å². The Kier molecular flexibility index (Phi) is 10.2. The zero-order chi connectivity index (χ0) is 22.3. The van der Waals surface area contributed by atoms with E-state index in [1.54, 1.807) is 13.1 Å². The highest BCUT2D eigenvalue weighted by Crippen LogP contribution is 2.14. The summed E-state index contributed by atoms with van der Waals surface area (Å²) < 4.78 is 31.4. The predicted molar refractivity (Wildman–Crippen MR) is 136 cm³/mol. The maximum Gasteiger partial charge on any atom is 0.220 e. The zero-order valence-electron chi connectivity index (χ0n) is 18.8. The second-order valence-electron chi connectivity index (χ2n) is 7.23. The summed E-state index contributed by atoms with van der Waals surface area (Å²) in [6, 6.07) is 5.67. The SMILES string of the molecule is CCN(CC)c1ccc(CNC(=NC)N2CCN(S(=O)(=O)Cc3ccon3)CC2)cn1.I. The number of anilines is 1. The van der Waals surface area contributed by atoms with E-state index in [0.717, 1.165) is 30.4 Å². The molecule has 1 aliphatic heterocycles. The fourth-order valence-corrected chi connectivity index (χ4v) is 4.96. The van der Waals surface area contributed by atoms with Gasteiger partial charge in [-0.2, -0.15) is 4.31 Å². The lowest BCUT2D eigenvalue weighted by atomic mass is 10.2. The number of halogens is 1. The molecule has 0 saturated carbocycles. The van der Waals surface area contributed by atoms with Crippen LogP contribution in [0, 0.1) is 0 Å². The molecule has 0 bridgehead atoms. The lowest BCUT2D eigenvalue weighted by molar-refractivity contribution is 0.259. The van der Waals surface area contributed by atoms with Crippen molar-refractivity contribution in [3.63, 3.8) is 0 Å². The van der Waals surface area contributed by atoms with E-state index in [9.17, 15) is 8.42 Å². The molecule has 0 unspecified atom stereocenters. The molecule has 3 rings (SSSR count). The molecule has 1 aliphatic rings. The minimum absolute atomic E-state index is 0. The third kappa shape index (κ3) is 6.78. The average Bonchev–Trinajstić information content (AvgIpc) is 3.29. The van der Waals surface area contributed by atoms with Gasteiger partial charge in [-0.3, -0.25) is 4.99 Å². The minimum atomic E-state index is -3.42. The molecule has 0 aliphatic carbocycles. The number of sulfonamides is 1. The standard InChI is InChI=1S/C20H31N7O3S.HI/c1-4-25(5-2)19-7-6-17(14-22-19)15-23-20(21-3)26-9-11-27(12-10-26)31(28,29)16-18-8-13-30-24-18;/h6-8,13-14H,4-5,9-12,15-16H2,1-3H3,(H,21,23);1H. The van der Waals surface area contributed by atoms with E-state index in [1.807, 2.05) is 12.3 Å². The van der Waals surface area contributed by atoms with E-state index < -0.39 is 10.0 Å². The van der Waals surface area contributed by atoms with Crippen LogP contribution >= 0.6 is 24.0 Å². The highest BCUT2D eigenvalue weighted by atomic mass is 127. The van der Waals surface area contributed by atoms with Gasteiger partial charge in [0.2, 0.25) is 10.0 Å².